The largest absolute Gasteiger partial charge is 0.489 e. The van der Waals surface area contributed by atoms with Crippen LogP contribution in [-0.2, 0) is 16.2 Å². The van der Waals surface area contributed by atoms with E-state index in [0.717, 1.165) is 16.7 Å². The van der Waals surface area contributed by atoms with Gasteiger partial charge in [0, 0.05) is 21.3 Å². The predicted molar refractivity (Wildman–Crippen MR) is 127 cm³/mol. The molecule has 0 aliphatic carbocycles. The van der Waals surface area contributed by atoms with E-state index in [1.54, 1.807) is 55.5 Å². The number of nitrogens with one attached hydrogen (secondary N) is 2. The first-order chi connectivity index (χ1) is 15.3. The number of rotatable bonds is 6. The quantitative estimate of drug-likeness (QED) is 0.289. The van der Waals surface area contributed by atoms with Crippen molar-refractivity contribution in [3.8, 4) is 5.75 Å². The van der Waals surface area contributed by atoms with E-state index in [-0.39, 0.29) is 0 Å². The van der Waals surface area contributed by atoms with Gasteiger partial charge in [0.15, 0.2) is 0 Å². The van der Waals surface area contributed by atoms with Crippen LogP contribution in [0.4, 0.5) is 5.69 Å². The standard InChI is InChI=1S/C24H21Cl2N3O3/c1-15-3-9-20(10-4-15)27-23(30)24(31)29-28-16(2)17-6-11-21(12-7-17)32-14-18-5-8-19(25)13-22(18)26/h3-13H,14H2,1-2H3,(H,27,30)(H,29,31). The molecule has 0 bridgehead atoms. The molecule has 0 fully saturated rings. The lowest BCUT2D eigenvalue weighted by Crippen LogP contribution is -2.32. The van der Waals surface area contributed by atoms with E-state index in [0.29, 0.717) is 33.8 Å². The van der Waals surface area contributed by atoms with Crippen molar-refractivity contribution in [2.45, 2.75) is 20.5 Å². The molecular weight excluding hydrogens is 449 g/mol. The molecule has 0 aliphatic rings. The fourth-order valence-corrected chi connectivity index (χ4v) is 3.13. The molecule has 0 unspecified atom stereocenters. The van der Waals surface area contributed by atoms with E-state index >= 15 is 0 Å². The van der Waals surface area contributed by atoms with Crippen LogP contribution in [-0.4, -0.2) is 17.5 Å². The van der Waals surface area contributed by atoms with E-state index < -0.39 is 11.8 Å². The summed E-state index contributed by atoms with van der Waals surface area (Å²) in [7, 11) is 0. The summed E-state index contributed by atoms with van der Waals surface area (Å²) in [5, 5.41) is 7.63. The molecule has 0 aliphatic heterocycles. The third-order valence-corrected chi connectivity index (χ3v) is 5.11. The second kappa shape index (κ2) is 10.8. The lowest BCUT2D eigenvalue weighted by atomic mass is 10.1. The molecule has 3 aromatic carbocycles. The van der Waals surface area contributed by atoms with Gasteiger partial charge in [-0.05, 0) is 67.9 Å². The molecule has 2 amide bonds. The lowest BCUT2D eigenvalue weighted by molar-refractivity contribution is -0.136. The third-order valence-electron chi connectivity index (χ3n) is 4.52. The van der Waals surface area contributed by atoms with E-state index in [4.69, 9.17) is 27.9 Å². The zero-order chi connectivity index (χ0) is 23.1. The van der Waals surface area contributed by atoms with Crippen molar-refractivity contribution < 1.29 is 14.3 Å². The van der Waals surface area contributed by atoms with Crippen LogP contribution < -0.4 is 15.5 Å². The van der Waals surface area contributed by atoms with Gasteiger partial charge in [-0.3, -0.25) is 9.59 Å². The number of benzene rings is 3. The Kier molecular flexibility index (Phi) is 7.87. The second-order valence-electron chi connectivity index (χ2n) is 7.01. The smallest absolute Gasteiger partial charge is 0.329 e. The summed E-state index contributed by atoms with van der Waals surface area (Å²) in [6.45, 7) is 3.96. The Bertz CT molecular complexity index is 1140. The van der Waals surface area contributed by atoms with Crippen molar-refractivity contribution in [3.63, 3.8) is 0 Å². The van der Waals surface area contributed by atoms with Gasteiger partial charge in [0.1, 0.15) is 12.4 Å². The maximum atomic E-state index is 12.0. The molecule has 3 rings (SSSR count). The van der Waals surface area contributed by atoms with E-state index in [1.165, 1.54) is 0 Å². The average molecular weight is 470 g/mol. The summed E-state index contributed by atoms with van der Waals surface area (Å²) in [5.41, 5.74) is 5.98. The van der Waals surface area contributed by atoms with E-state index in [9.17, 15) is 9.59 Å². The maximum absolute atomic E-state index is 12.0. The monoisotopic (exact) mass is 469 g/mol. The van der Waals surface area contributed by atoms with Gasteiger partial charge in [-0.25, -0.2) is 5.43 Å². The minimum absolute atomic E-state index is 0.300. The summed E-state index contributed by atoms with van der Waals surface area (Å²) in [6, 6.07) is 19.5. The van der Waals surface area contributed by atoms with Gasteiger partial charge in [-0.1, -0.05) is 47.0 Å². The van der Waals surface area contributed by atoms with Crippen LogP contribution in [0, 0.1) is 6.92 Å². The minimum atomic E-state index is -0.857. The number of amides is 2. The Morgan fingerprint density at radius 2 is 1.62 bits per heavy atom. The summed E-state index contributed by atoms with van der Waals surface area (Å²) in [6.07, 6.45) is 0. The molecule has 3 aromatic rings. The average Bonchev–Trinajstić information content (AvgIpc) is 2.78. The van der Waals surface area contributed by atoms with Crippen LogP contribution in [0.3, 0.4) is 0 Å². The van der Waals surface area contributed by atoms with Gasteiger partial charge in [0.2, 0.25) is 0 Å². The first-order valence-electron chi connectivity index (χ1n) is 9.71. The van der Waals surface area contributed by atoms with Crippen LogP contribution >= 0.6 is 23.2 Å². The Morgan fingerprint density at radius 1 is 0.938 bits per heavy atom. The number of aryl methyl sites for hydroxylation is 1. The summed E-state index contributed by atoms with van der Waals surface area (Å²) in [4.78, 5) is 24.0. The normalized spacial score (nSPS) is 11.1. The summed E-state index contributed by atoms with van der Waals surface area (Å²) >= 11 is 12.1. The van der Waals surface area contributed by atoms with Crippen molar-refractivity contribution >= 4 is 46.4 Å². The van der Waals surface area contributed by atoms with Gasteiger partial charge in [-0.15, -0.1) is 0 Å². The molecule has 0 spiro atoms. The number of carbonyl (C=O) groups is 2. The lowest BCUT2D eigenvalue weighted by Gasteiger charge is -2.09. The maximum Gasteiger partial charge on any atom is 0.329 e. The van der Waals surface area contributed by atoms with Crippen LogP contribution in [0.2, 0.25) is 10.0 Å². The molecule has 8 heteroatoms. The Labute approximate surface area is 196 Å². The van der Waals surface area contributed by atoms with Crippen molar-refractivity contribution in [2.24, 2.45) is 5.10 Å². The molecule has 6 nitrogen and oxygen atoms in total. The highest BCUT2D eigenvalue weighted by molar-refractivity contribution is 6.39. The fourth-order valence-electron chi connectivity index (χ4n) is 2.67. The SMILES string of the molecule is CC(=NNC(=O)C(=O)Nc1ccc(C)cc1)c1ccc(OCc2ccc(Cl)cc2Cl)cc1. The number of anilines is 1. The zero-order valence-electron chi connectivity index (χ0n) is 17.5. The molecular formula is C24H21Cl2N3O3. The molecule has 0 atom stereocenters. The van der Waals surface area contributed by atoms with Gasteiger partial charge in [-0.2, -0.15) is 5.10 Å². The van der Waals surface area contributed by atoms with Crippen LogP contribution in [0.1, 0.15) is 23.6 Å². The van der Waals surface area contributed by atoms with Crippen molar-refractivity contribution in [1.29, 1.82) is 0 Å². The molecule has 2 N–H and O–H groups in total. The molecule has 0 aromatic heterocycles. The van der Waals surface area contributed by atoms with E-state index in [2.05, 4.69) is 15.8 Å². The van der Waals surface area contributed by atoms with Gasteiger partial charge in [0.25, 0.3) is 0 Å². The van der Waals surface area contributed by atoms with Gasteiger partial charge >= 0.3 is 11.8 Å². The molecule has 0 saturated carbocycles. The number of hydrogen-bond donors (Lipinski definition) is 2. The fraction of sp³-hybridized carbons (Fsp3) is 0.125. The third kappa shape index (κ3) is 6.57. The van der Waals surface area contributed by atoms with Gasteiger partial charge < -0.3 is 10.1 Å². The highest BCUT2D eigenvalue weighted by Crippen LogP contribution is 2.23. The number of nitrogens with zero attached hydrogens (tertiary/aromatic N) is 1. The first-order valence-corrected chi connectivity index (χ1v) is 10.5. The molecule has 32 heavy (non-hydrogen) atoms. The van der Waals surface area contributed by atoms with Crippen molar-refractivity contribution in [2.75, 3.05) is 5.32 Å². The number of carbonyl (C=O) groups excluding carboxylic acids is 2. The minimum Gasteiger partial charge on any atom is -0.489 e. The number of ether oxygens (including phenoxy) is 1. The molecule has 0 saturated heterocycles. The van der Waals surface area contributed by atoms with Crippen molar-refractivity contribution in [1.82, 2.24) is 5.43 Å². The number of hydrazone groups is 1. The van der Waals surface area contributed by atoms with Crippen LogP contribution in [0.25, 0.3) is 0 Å². The summed E-state index contributed by atoms with van der Waals surface area (Å²) < 4.78 is 5.75. The Balaban J connectivity index is 1.53. The molecule has 0 heterocycles. The summed E-state index contributed by atoms with van der Waals surface area (Å²) in [5.74, 6) is -1.01. The van der Waals surface area contributed by atoms with Crippen LogP contribution in [0.15, 0.2) is 71.8 Å². The Hall–Kier alpha value is -3.35. The number of halogens is 2. The molecule has 0 radical (unpaired) electrons. The second-order valence-corrected chi connectivity index (χ2v) is 7.85. The topological polar surface area (TPSA) is 79.8 Å². The van der Waals surface area contributed by atoms with Crippen LogP contribution in [0.5, 0.6) is 5.75 Å². The number of hydrogen-bond acceptors (Lipinski definition) is 4. The Morgan fingerprint density at radius 3 is 2.28 bits per heavy atom. The van der Waals surface area contributed by atoms with E-state index in [1.807, 2.05) is 25.1 Å². The highest BCUT2D eigenvalue weighted by atomic mass is 35.5. The van der Waals surface area contributed by atoms with Gasteiger partial charge in [0.05, 0.1) is 5.71 Å². The molecule has 164 valence electrons. The zero-order valence-corrected chi connectivity index (χ0v) is 19.0. The first kappa shape index (κ1) is 23.3. The predicted octanol–water partition coefficient (Wildman–Crippen LogP) is 5.36. The van der Waals surface area contributed by atoms with Crippen molar-refractivity contribution in [3.05, 3.63) is 93.5 Å². The highest BCUT2D eigenvalue weighted by Gasteiger charge is 2.13.